The van der Waals surface area contributed by atoms with Gasteiger partial charge in [0.1, 0.15) is 5.75 Å². The summed E-state index contributed by atoms with van der Waals surface area (Å²) in [5.74, 6) is 0.267. The summed E-state index contributed by atoms with van der Waals surface area (Å²) in [4.78, 5) is 7.00. The number of phenols is 1. The Hall–Kier alpha value is -2.29. The third-order valence-electron chi connectivity index (χ3n) is 2.67. The highest BCUT2D eigenvalue weighted by Crippen LogP contribution is 2.34. The zero-order valence-corrected chi connectivity index (χ0v) is 8.51. The van der Waals surface area contributed by atoms with Crippen molar-refractivity contribution < 1.29 is 5.11 Å². The van der Waals surface area contributed by atoms with Crippen LogP contribution in [0.3, 0.4) is 0 Å². The van der Waals surface area contributed by atoms with E-state index in [1.807, 2.05) is 30.3 Å². The molecule has 0 radical (unpaired) electrons. The number of benzene rings is 2. The van der Waals surface area contributed by atoms with E-state index in [-0.39, 0.29) is 5.75 Å². The lowest BCUT2D eigenvalue weighted by atomic mass is 10.0. The Kier molecular flexibility index (Phi) is 1.90. The first-order chi connectivity index (χ1) is 7.86. The number of fused-ring (bicyclic) bond motifs is 1. The molecule has 1 aromatic heterocycles. The van der Waals surface area contributed by atoms with Crippen molar-refractivity contribution in [2.24, 2.45) is 0 Å². The van der Waals surface area contributed by atoms with Gasteiger partial charge in [0.15, 0.2) is 0 Å². The minimum absolute atomic E-state index is 0.267. The minimum atomic E-state index is 0.267. The standard InChI is InChI=1S/C13H10N2O/c16-12-6-5-9-3-1-2-4-10(9)13(12)11-7-14-8-15-11/h1-8,16H,(H,14,15). The Morgan fingerprint density at radius 2 is 1.94 bits per heavy atom. The number of aromatic nitrogens is 2. The summed E-state index contributed by atoms with van der Waals surface area (Å²) in [7, 11) is 0. The maximum atomic E-state index is 9.93. The van der Waals surface area contributed by atoms with Crippen LogP contribution in [-0.4, -0.2) is 15.1 Å². The van der Waals surface area contributed by atoms with Gasteiger partial charge in [0.05, 0.1) is 18.2 Å². The van der Waals surface area contributed by atoms with Crippen LogP contribution >= 0.6 is 0 Å². The Morgan fingerprint density at radius 1 is 1.06 bits per heavy atom. The van der Waals surface area contributed by atoms with E-state index in [2.05, 4.69) is 9.97 Å². The molecule has 3 heteroatoms. The fourth-order valence-corrected chi connectivity index (χ4v) is 1.94. The average Bonchev–Trinajstić information content (AvgIpc) is 2.82. The molecule has 78 valence electrons. The van der Waals surface area contributed by atoms with Crippen LogP contribution in [0.1, 0.15) is 0 Å². The van der Waals surface area contributed by atoms with Crippen LogP contribution in [0.2, 0.25) is 0 Å². The highest BCUT2D eigenvalue weighted by molar-refractivity contribution is 5.98. The van der Waals surface area contributed by atoms with Crippen molar-refractivity contribution in [1.82, 2.24) is 9.97 Å². The zero-order chi connectivity index (χ0) is 11.0. The highest BCUT2D eigenvalue weighted by atomic mass is 16.3. The van der Waals surface area contributed by atoms with E-state index in [0.717, 1.165) is 22.0 Å². The van der Waals surface area contributed by atoms with Crippen molar-refractivity contribution >= 4 is 10.8 Å². The molecule has 0 aliphatic carbocycles. The lowest BCUT2D eigenvalue weighted by molar-refractivity contribution is 0.478. The molecule has 0 fully saturated rings. The molecule has 0 bridgehead atoms. The Bertz CT molecular complexity index is 629. The van der Waals surface area contributed by atoms with Crippen molar-refractivity contribution in [2.75, 3.05) is 0 Å². The van der Waals surface area contributed by atoms with Crippen LogP contribution in [0.4, 0.5) is 0 Å². The Morgan fingerprint density at radius 3 is 2.75 bits per heavy atom. The van der Waals surface area contributed by atoms with Gasteiger partial charge in [-0.1, -0.05) is 30.3 Å². The van der Waals surface area contributed by atoms with Gasteiger partial charge >= 0.3 is 0 Å². The van der Waals surface area contributed by atoms with Crippen LogP contribution in [0, 0.1) is 0 Å². The van der Waals surface area contributed by atoms with Gasteiger partial charge in [-0.15, -0.1) is 0 Å². The number of rotatable bonds is 1. The molecule has 0 aliphatic heterocycles. The molecule has 0 saturated carbocycles. The van der Waals surface area contributed by atoms with E-state index in [1.165, 1.54) is 0 Å². The number of hydrogen-bond donors (Lipinski definition) is 2. The number of aromatic amines is 1. The lowest BCUT2D eigenvalue weighted by Gasteiger charge is -2.06. The fraction of sp³-hybridized carbons (Fsp3) is 0. The van der Waals surface area contributed by atoms with Gasteiger partial charge in [0.2, 0.25) is 0 Å². The third-order valence-corrected chi connectivity index (χ3v) is 2.67. The second kappa shape index (κ2) is 3.38. The molecular weight excluding hydrogens is 200 g/mol. The summed E-state index contributed by atoms with van der Waals surface area (Å²) in [6, 6.07) is 11.6. The normalized spacial score (nSPS) is 10.8. The fourth-order valence-electron chi connectivity index (χ4n) is 1.94. The van der Waals surface area contributed by atoms with E-state index in [4.69, 9.17) is 0 Å². The first kappa shape index (κ1) is 8.97. The topological polar surface area (TPSA) is 48.9 Å². The number of phenolic OH excluding ortho intramolecular Hbond substituents is 1. The van der Waals surface area contributed by atoms with Gasteiger partial charge in [-0.05, 0) is 16.8 Å². The molecule has 0 amide bonds. The van der Waals surface area contributed by atoms with E-state index >= 15 is 0 Å². The van der Waals surface area contributed by atoms with Gasteiger partial charge in [0.25, 0.3) is 0 Å². The van der Waals surface area contributed by atoms with Crippen LogP contribution in [0.25, 0.3) is 22.0 Å². The number of imidazole rings is 1. The Balaban J connectivity index is 2.42. The number of nitrogens with one attached hydrogen (secondary N) is 1. The summed E-state index contributed by atoms with van der Waals surface area (Å²) in [5.41, 5.74) is 1.63. The molecule has 3 aromatic rings. The monoisotopic (exact) mass is 210 g/mol. The molecule has 0 unspecified atom stereocenters. The van der Waals surface area contributed by atoms with Crippen molar-refractivity contribution in [3.05, 3.63) is 48.9 Å². The number of H-pyrrole nitrogens is 1. The third kappa shape index (κ3) is 1.26. The number of nitrogens with zero attached hydrogens (tertiary/aromatic N) is 1. The lowest BCUT2D eigenvalue weighted by Crippen LogP contribution is -1.82. The largest absolute Gasteiger partial charge is 0.507 e. The van der Waals surface area contributed by atoms with Crippen molar-refractivity contribution in [3.8, 4) is 17.0 Å². The highest BCUT2D eigenvalue weighted by Gasteiger charge is 2.09. The summed E-state index contributed by atoms with van der Waals surface area (Å²) < 4.78 is 0. The minimum Gasteiger partial charge on any atom is -0.507 e. The zero-order valence-electron chi connectivity index (χ0n) is 8.51. The second-order valence-electron chi connectivity index (χ2n) is 3.65. The molecule has 0 saturated heterocycles. The van der Waals surface area contributed by atoms with E-state index < -0.39 is 0 Å². The Labute approximate surface area is 92.4 Å². The maximum absolute atomic E-state index is 9.93. The molecule has 1 heterocycles. The molecule has 16 heavy (non-hydrogen) atoms. The van der Waals surface area contributed by atoms with Crippen molar-refractivity contribution in [3.63, 3.8) is 0 Å². The molecule has 2 N–H and O–H groups in total. The predicted octanol–water partition coefficient (Wildman–Crippen LogP) is 2.94. The molecule has 0 aliphatic rings. The summed E-state index contributed by atoms with van der Waals surface area (Å²) >= 11 is 0. The smallest absolute Gasteiger partial charge is 0.125 e. The van der Waals surface area contributed by atoms with Crippen molar-refractivity contribution in [2.45, 2.75) is 0 Å². The molecule has 0 spiro atoms. The average molecular weight is 210 g/mol. The van der Waals surface area contributed by atoms with Gasteiger partial charge in [-0.2, -0.15) is 0 Å². The van der Waals surface area contributed by atoms with E-state index in [1.54, 1.807) is 18.6 Å². The SMILES string of the molecule is Oc1ccc2ccccc2c1-c1cnc[nH]1. The molecule has 2 aromatic carbocycles. The van der Waals surface area contributed by atoms with Gasteiger partial charge in [0, 0.05) is 5.56 Å². The summed E-state index contributed by atoms with van der Waals surface area (Å²) in [6.07, 6.45) is 3.32. The van der Waals surface area contributed by atoms with Gasteiger partial charge in [-0.25, -0.2) is 4.98 Å². The molecule has 3 rings (SSSR count). The second-order valence-corrected chi connectivity index (χ2v) is 3.65. The van der Waals surface area contributed by atoms with Crippen LogP contribution in [-0.2, 0) is 0 Å². The van der Waals surface area contributed by atoms with Crippen LogP contribution in [0.5, 0.6) is 5.75 Å². The quantitative estimate of drug-likeness (QED) is 0.648. The maximum Gasteiger partial charge on any atom is 0.125 e. The van der Waals surface area contributed by atoms with Gasteiger partial charge < -0.3 is 10.1 Å². The molecule has 0 atom stereocenters. The first-order valence-corrected chi connectivity index (χ1v) is 5.06. The molecular formula is C13H10N2O. The molecule has 3 nitrogen and oxygen atoms in total. The van der Waals surface area contributed by atoms with E-state index in [0.29, 0.717) is 0 Å². The first-order valence-electron chi connectivity index (χ1n) is 5.06. The summed E-state index contributed by atoms with van der Waals surface area (Å²) in [5, 5.41) is 12.1. The van der Waals surface area contributed by atoms with Crippen LogP contribution in [0.15, 0.2) is 48.9 Å². The van der Waals surface area contributed by atoms with Gasteiger partial charge in [-0.3, -0.25) is 0 Å². The summed E-state index contributed by atoms with van der Waals surface area (Å²) in [6.45, 7) is 0. The predicted molar refractivity (Wildman–Crippen MR) is 63.2 cm³/mol. The number of aromatic hydroxyl groups is 1. The van der Waals surface area contributed by atoms with Crippen LogP contribution < -0.4 is 0 Å². The van der Waals surface area contributed by atoms with Crippen molar-refractivity contribution in [1.29, 1.82) is 0 Å². The van der Waals surface area contributed by atoms with E-state index in [9.17, 15) is 5.11 Å². The number of hydrogen-bond acceptors (Lipinski definition) is 2.